The average molecular weight is 645 g/mol. The number of amides is 3. The molecule has 1 rings (SSSR count). The third kappa shape index (κ3) is 16.4. The molecule has 1 aromatic carbocycles. The van der Waals surface area contributed by atoms with Crippen LogP contribution in [0.15, 0.2) is 40.3 Å². The second kappa shape index (κ2) is 19.1. The van der Waals surface area contributed by atoms with Crippen LogP contribution >= 0.6 is 7.82 Å². The number of hydrogen-bond donors (Lipinski definition) is 11. The number of nitrogens with two attached hydrogens (primary N) is 5. The molecule has 3 amide bonds. The maximum absolute atomic E-state index is 13.3. The Bertz CT molecular complexity index is 1200. The van der Waals surface area contributed by atoms with Gasteiger partial charge in [0.2, 0.25) is 17.7 Å². The van der Waals surface area contributed by atoms with Crippen LogP contribution in [0.4, 0.5) is 0 Å². The molecule has 0 aromatic heterocycles. The molecule has 0 radical (unpaired) electrons. The number of aliphatic carboxylic acids is 1. The highest BCUT2D eigenvalue weighted by Gasteiger charge is 2.32. The van der Waals surface area contributed by atoms with E-state index in [2.05, 4.69) is 30.5 Å². The van der Waals surface area contributed by atoms with E-state index in [0.29, 0.717) is 12.0 Å². The van der Waals surface area contributed by atoms with E-state index in [4.69, 9.17) is 38.5 Å². The van der Waals surface area contributed by atoms with Crippen molar-refractivity contribution in [2.24, 2.45) is 38.7 Å². The van der Waals surface area contributed by atoms with Gasteiger partial charge in [-0.15, -0.1) is 0 Å². The number of carboxylic acids is 1. The van der Waals surface area contributed by atoms with E-state index in [1.54, 1.807) is 30.3 Å². The molecule has 0 saturated heterocycles. The zero-order valence-corrected chi connectivity index (χ0v) is 24.8. The van der Waals surface area contributed by atoms with E-state index in [-0.39, 0.29) is 50.7 Å². The number of carbonyl (C=O) groups excluding carboxylic acids is 3. The standard InChI is InChI=1S/C24H41N10O9P/c25-15(8-4-10-30-23(26)27)19(35)32-16(9-5-11-31-24(28)29)20(36)34-18(13-43-44(40,41)42)21(37)33-17(22(38)39)12-14-6-2-1-3-7-14/h1-3,6-7,15-18H,4-5,8-13,25H2,(H,32,35)(H,33,37)(H,34,36)(H,38,39)(H4,26,27,30)(H4,28,29,31)(H2,40,41,42)/t15-,16-,17-,18-/m0/s1. The second-order valence-electron chi connectivity index (χ2n) is 9.50. The highest BCUT2D eigenvalue weighted by molar-refractivity contribution is 7.46. The van der Waals surface area contributed by atoms with Crippen molar-refractivity contribution in [3.05, 3.63) is 35.9 Å². The van der Waals surface area contributed by atoms with Gasteiger partial charge in [-0.2, -0.15) is 0 Å². The number of carbonyl (C=O) groups is 4. The maximum Gasteiger partial charge on any atom is 0.469 e. The van der Waals surface area contributed by atoms with Crippen LogP contribution in [0.25, 0.3) is 0 Å². The van der Waals surface area contributed by atoms with Crippen molar-refractivity contribution in [3.8, 4) is 0 Å². The van der Waals surface area contributed by atoms with Crippen LogP contribution in [0.5, 0.6) is 0 Å². The number of nitrogens with one attached hydrogen (secondary N) is 3. The summed E-state index contributed by atoms with van der Waals surface area (Å²) in [4.78, 5) is 76.9. The molecule has 0 aliphatic carbocycles. The van der Waals surface area contributed by atoms with Crippen molar-refractivity contribution in [3.63, 3.8) is 0 Å². The van der Waals surface area contributed by atoms with Gasteiger partial charge in [0.25, 0.3) is 0 Å². The Morgan fingerprint density at radius 3 is 1.82 bits per heavy atom. The second-order valence-corrected chi connectivity index (χ2v) is 10.7. The first-order chi connectivity index (χ1) is 20.6. The highest BCUT2D eigenvalue weighted by Crippen LogP contribution is 2.35. The quantitative estimate of drug-likeness (QED) is 0.0282. The monoisotopic (exact) mass is 644 g/mol. The Labute approximate surface area is 253 Å². The Kier molecular flexibility index (Phi) is 16.4. The number of nitrogens with zero attached hydrogens (tertiary/aromatic N) is 2. The molecule has 0 aliphatic rings. The number of phosphoric ester groups is 1. The summed E-state index contributed by atoms with van der Waals surface area (Å²) in [6, 6.07) is 2.71. The van der Waals surface area contributed by atoms with Gasteiger partial charge in [-0.05, 0) is 31.2 Å². The number of benzene rings is 1. The number of aliphatic imine (C=N–C) groups is 2. The van der Waals surface area contributed by atoms with Gasteiger partial charge < -0.3 is 59.5 Å². The van der Waals surface area contributed by atoms with Crippen LogP contribution < -0.4 is 44.6 Å². The van der Waals surface area contributed by atoms with Crippen LogP contribution in [0, 0.1) is 0 Å². The average Bonchev–Trinajstić information content (AvgIpc) is 2.93. The SMILES string of the molecule is NC(N)=NCCC[C@H](NC(=O)[C@@H](N)CCCN=C(N)N)C(=O)N[C@@H](COP(=O)(O)O)C(=O)N[C@@H](Cc1ccccc1)C(=O)O. The lowest BCUT2D eigenvalue weighted by molar-refractivity contribution is -0.142. The molecule has 16 N–H and O–H groups in total. The van der Waals surface area contributed by atoms with E-state index < -0.39 is 62.3 Å². The van der Waals surface area contributed by atoms with Gasteiger partial charge in [0, 0.05) is 19.5 Å². The topological polar surface area (TPSA) is 346 Å². The van der Waals surface area contributed by atoms with E-state index in [9.17, 15) is 28.8 Å². The Morgan fingerprint density at radius 1 is 0.795 bits per heavy atom. The van der Waals surface area contributed by atoms with Gasteiger partial charge in [-0.3, -0.25) is 28.9 Å². The normalized spacial score (nSPS) is 13.8. The molecular weight excluding hydrogens is 603 g/mol. The van der Waals surface area contributed by atoms with Crippen molar-refractivity contribution in [2.75, 3.05) is 19.7 Å². The van der Waals surface area contributed by atoms with Gasteiger partial charge in [-0.25, -0.2) is 9.36 Å². The fourth-order valence-corrected chi connectivity index (χ4v) is 3.99. The van der Waals surface area contributed by atoms with Crippen molar-refractivity contribution in [2.45, 2.75) is 56.3 Å². The number of hydrogen-bond acceptors (Lipinski definition) is 9. The predicted molar refractivity (Wildman–Crippen MR) is 159 cm³/mol. The lowest BCUT2D eigenvalue weighted by Gasteiger charge is -2.25. The largest absolute Gasteiger partial charge is 0.480 e. The third-order valence-electron chi connectivity index (χ3n) is 5.82. The predicted octanol–water partition coefficient (Wildman–Crippen LogP) is -3.69. The summed E-state index contributed by atoms with van der Waals surface area (Å²) in [6.45, 7) is -0.736. The van der Waals surface area contributed by atoms with Gasteiger partial charge in [0.15, 0.2) is 11.9 Å². The zero-order valence-electron chi connectivity index (χ0n) is 23.9. The zero-order chi connectivity index (χ0) is 33.3. The highest BCUT2D eigenvalue weighted by atomic mass is 31.2. The molecule has 19 nitrogen and oxygen atoms in total. The van der Waals surface area contributed by atoms with Crippen molar-refractivity contribution >= 4 is 43.4 Å². The van der Waals surface area contributed by atoms with E-state index in [0.717, 1.165) is 0 Å². The summed E-state index contributed by atoms with van der Waals surface area (Å²) >= 11 is 0. The molecule has 0 heterocycles. The number of phosphoric acid groups is 1. The lowest BCUT2D eigenvalue weighted by atomic mass is 10.1. The van der Waals surface area contributed by atoms with Crippen LogP contribution in [-0.4, -0.2) is 94.4 Å². The van der Waals surface area contributed by atoms with Crippen LogP contribution in [-0.2, 0) is 34.7 Å². The molecule has 1 aromatic rings. The van der Waals surface area contributed by atoms with E-state index >= 15 is 0 Å². The number of carboxylic acid groups (broad SMARTS) is 1. The minimum Gasteiger partial charge on any atom is -0.480 e. The first kappa shape index (κ1) is 37.7. The van der Waals surface area contributed by atoms with Crippen LogP contribution in [0.1, 0.15) is 31.2 Å². The summed E-state index contributed by atoms with van der Waals surface area (Å²) in [7, 11) is -5.12. The number of rotatable bonds is 20. The first-order valence-corrected chi connectivity index (χ1v) is 14.9. The fraction of sp³-hybridized carbons (Fsp3) is 0.500. The van der Waals surface area contributed by atoms with Gasteiger partial charge in [-0.1, -0.05) is 30.3 Å². The summed E-state index contributed by atoms with van der Waals surface area (Å²) in [5.74, 6) is -4.53. The molecule has 4 atom stereocenters. The minimum atomic E-state index is -5.12. The molecular formula is C24H41N10O9P. The molecule has 246 valence electrons. The molecule has 0 fully saturated rings. The van der Waals surface area contributed by atoms with Crippen LogP contribution in [0.2, 0.25) is 0 Å². The molecule has 0 unspecified atom stereocenters. The number of guanidine groups is 2. The van der Waals surface area contributed by atoms with Gasteiger partial charge in [0.1, 0.15) is 18.1 Å². The smallest absolute Gasteiger partial charge is 0.469 e. The van der Waals surface area contributed by atoms with Crippen molar-refractivity contribution in [1.29, 1.82) is 0 Å². The Balaban J connectivity index is 3.11. The molecule has 44 heavy (non-hydrogen) atoms. The lowest BCUT2D eigenvalue weighted by Crippen LogP contribution is -2.58. The molecule has 0 saturated carbocycles. The minimum absolute atomic E-state index is 0.0471. The van der Waals surface area contributed by atoms with E-state index in [1.807, 2.05) is 0 Å². The summed E-state index contributed by atoms with van der Waals surface area (Å²) in [5, 5.41) is 16.6. The maximum atomic E-state index is 13.3. The fourth-order valence-electron chi connectivity index (χ4n) is 3.65. The Hall–Kier alpha value is -4.29. The van der Waals surface area contributed by atoms with Gasteiger partial charge in [0.05, 0.1) is 12.6 Å². The summed E-state index contributed by atoms with van der Waals surface area (Å²) in [6.07, 6.45) is 0.513. The first-order valence-electron chi connectivity index (χ1n) is 13.3. The van der Waals surface area contributed by atoms with Crippen molar-refractivity contribution in [1.82, 2.24) is 16.0 Å². The van der Waals surface area contributed by atoms with Crippen molar-refractivity contribution < 1.29 is 43.2 Å². The summed E-state index contributed by atoms with van der Waals surface area (Å²) < 4.78 is 15.8. The third-order valence-corrected chi connectivity index (χ3v) is 6.31. The molecule has 0 aliphatic heterocycles. The Morgan fingerprint density at radius 2 is 1.30 bits per heavy atom. The van der Waals surface area contributed by atoms with Gasteiger partial charge >= 0.3 is 13.8 Å². The van der Waals surface area contributed by atoms with Crippen LogP contribution in [0.3, 0.4) is 0 Å². The molecule has 20 heteroatoms. The molecule has 0 spiro atoms. The molecule has 0 bridgehead atoms. The summed E-state index contributed by atoms with van der Waals surface area (Å²) in [5.41, 5.74) is 27.7. The van der Waals surface area contributed by atoms with E-state index in [1.165, 1.54) is 0 Å².